The zero-order valence-electron chi connectivity index (χ0n) is 21.9. The Labute approximate surface area is 245 Å². The van der Waals surface area contributed by atoms with Crippen LogP contribution in [-0.2, 0) is 19.2 Å². The highest BCUT2D eigenvalue weighted by Crippen LogP contribution is 2.32. The molecule has 4 aromatic rings. The minimum Gasteiger partial charge on any atom is -0.478 e. The monoisotopic (exact) mass is 620 g/mol. The summed E-state index contributed by atoms with van der Waals surface area (Å²) in [6.07, 6.45) is -2.19. The number of aliphatic carboxylic acids is 4. The van der Waals surface area contributed by atoms with E-state index in [1.165, 1.54) is 12.1 Å². The molecule has 0 spiro atoms. The lowest BCUT2D eigenvalue weighted by molar-refractivity contribution is -0.131. The average molecular weight is 620 g/mol. The molecule has 0 fully saturated rings. The second-order valence-electron chi connectivity index (χ2n) is 9.25. The number of aromatic carboxylic acids is 2. The molecule has 8 bridgehead atoms. The maximum atomic E-state index is 12.7. The van der Waals surface area contributed by atoms with Crippen molar-refractivity contribution in [1.82, 2.24) is 19.5 Å². The van der Waals surface area contributed by atoms with E-state index in [1.54, 1.807) is 0 Å². The van der Waals surface area contributed by atoms with Gasteiger partial charge in [0.15, 0.2) is 0 Å². The van der Waals surface area contributed by atoms with Crippen molar-refractivity contribution >= 4 is 64.2 Å². The molecular formula is C27H16N4O14. The van der Waals surface area contributed by atoms with Crippen molar-refractivity contribution in [3.05, 3.63) is 91.7 Å². The summed E-state index contributed by atoms with van der Waals surface area (Å²) in [7, 11) is 0. The molecule has 18 heteroatoms. The molecule has 5 rings (SSSR count). The van der Waals surface area contributed by atoms with Gasteiger partial charge in [-0.2, -0.15) is 0 Å². The number of aromatic amines is 3. The molecule has 0 saturated heterocycles. The van der Waals surface area contributed by atoms with Crippen LogP contribution >= 0.6 is 0 Å². The summed E-state index contributed by atoms with van der Waals surface area (Å²) < 4.78 is -0.132. The third kappa shape index (κ3) is 4.50. The zero-order valence-corrected chi connectivity index (χ0v) is 21.9. The quantitative estimate of drug-likeness (QED) is 0.110. The molecule has 0 unspecified atom stereocenters. The Kier molecular flexibility index (Phi) is 6.73. The molecule has 18 nitrogen and oxygen atoms in total. The SMILES string of the molecule is O=C(O)C1=c2ccc([nH]2)=C(C(=O)O)c2c(C(=O)O)c(C(=O)O)c(n2C(=O)O)C(C(=O)O)=c2ccc([nH]2)=C(C(=O)O)c2ccc1[nH]2. The summed E-state index contributed by atoms with van der Waals surface area (Å²) >= 11 is 0. The van der Waals surface area contributed by atoms with Crippen LogP contribution in [0.2, 0.25) is 0 Å². The number of hydrogen-bond donors (Lipinski definition) is 10. The van der Waals surface area contributed by atoms with E-state index < -0.39 is 97.4 Å². The number of carboxylic acid groups (broad SMARTS) is 7. The van der Waals surface area contributed by atoms with Gasteiger partial charge in [0, 0.05) is 0 Å². The number of nitrogens with zero attached hydrogens (tertiary/aromatic N) is 1. The Bertz CT molecular complexity index is 2170. The van der Waals surface area contributed by atoms with Gasteiger partial charge in [-0.25, -0.2) is 38.1 Å². The molecule has 0 aliphatic carbocycles. The summed E-state index contributed by atoms with van der Waals surface area (Å²) in [5, 5.41) is 69.0. The highest BCUT2D eigenvalue weighted by Gasteiger charge is 2.40. The molecule has 5 heterocycles. The number of carbonyl (C=O) groups is 7. The van der Waals surface area contributed by atoms with Gasteiger partial charge in [0.1, 0.15) is 33.4 Å². The first-order valence-electron chi connectivity index (χ1n) is 12.1. The topological polar surface area (TPSA) is 313 Å². The van der Waals surface area contributed by atoms with Gasteiger partial charge < -0.3 is 50.7 Å². The molecule has 1 aliphatic rings. The van der Waals surface area contributed by atoms with E-state index in [0.29, 0.717) is 0 Å². The highest BCUT2D eigenvalue weighted by atomic mass is 16.4. The molecule has 0 radical (unpaired) electrons. The van der Waals surface area contributed by atoms with Crippen LogP contribution in [0.15, 0.2) is 36.4 Å². The average Bonchev–Trinajstić information content (AvgIpc) is 3.71. The fourth-order valence-corrected chi connectivity index (χ4v) is 5.15. The van der Waals surface area contributed by atoms with Crippen molar-refractivity contribution in [1.29, 1.82) is 0 Å². The van der Waals surface area contributed by atoms with Crippen LogP contribution in [0.4, 0.5) is 4.79 Å². The molecule has 0 amide bonds. The van der Waals surface area contributed by atoms with E-state index in [4.69, 9.17) is 0 Å². The van der Waals surface area contributed by atoms with E-state index in [1.807, 2.05) is 0 Å². The number of hydrogen-bond acceptors (Lipinski definition) is 7. The zero-order chi connectivity index (χ0) is 33.1. The fraction of sp³-hybridized carbons (Fsp3) is 0. The predicted octanol–water partition coefficient (Wildman–Crippen LogP) is -2.16. The highest BCUT2D eigenvalue weighted by molar-refractivity contribution is 6.24. The van der Waals surface area contributed by atoms with E-state index in [9.17, 15) is 69.3 Å². The van der Waals surface area contributed by atoms with Gasteiger partial charge in [-0.1, -0.05) is 0 Å². The van der Waals surface area contributed by atoms with Crippen molar-refractivity contribution in [2.75, 3.05) is 0 Å². The van der Waals surface area contributed by atoms with Gasteiger partial charge in [0.25, 0.3) is 0 Å². The van der Waals surface area contributed by atoms with Crippen molar-refractivity contribution in [3.8, 4) is 0 Å². The number of nitrogens with one attached hydrogen (secondary N) is 3. The largest absolute Gasteiger partial charge is 0.478 e. The Morgan fingerprint density at radius 2 is 0.733 bits per heavy atom. The van der Waals surface area contributed by atoms with Crippen LogP contribution in [0.3, 0.4) is 0 Å². The molecule has 4 aromatic heterocycles. The van der Waals surface area contributed by atoms with Crippen LogP contribution in [0.25, 0.3) is 22.3 Å². The third-order valence-electron chi connectivity index (χ3n) is 6.79. The summed E-state index contributed by atoms with van der Waals surface area (Å²) in [6, 6.07) is 6.38. The van der Waals surface area contributed by atoms with Crippen molar-refractivity contribution in [2.45, 2.75) is 0 Å². The maximum Gasteiger partial charge on any atom is 0.416 e. The van der Waals surface area contributed by atoms with Gasteiger partial charge >= 0.3 is 41.9 Å². The minimum atomic E-state index is -2.19. The number of aromatic nitrogens is 4. The standard InChI is InChI=1S/C27H16N4O14/c32-21(33)13-7-1-2-8(28-7)14(22(34)35)10-4-6-12(30-10)16(24(38)39)20-18(26(42)43)17(25(40)41)19(31(20)27(44)45)15(23(36)37)11-5-3-9(13)29-11/h1-6,28-30H,(H,32,33)(H,34,35)(H,36,37)(H,38,39)(H,40,41)(H,42,43)(H,44,45). The number of H-pyrrole nitrogens is 3. The van der Waals surface area contributed by atoms with Gasteiger partial charge in [-0.3, -0.25) is 0 Å². The van der Waals surface area contributed by atoms with Gasteiger partial charge in [-0.15, -0.1) is 0 Å². The lowest BCUT2D eigenvalue weighted by Crippen LogP contribution is -2.28. The lowest BCUT2D eigenvalue weighted by Gasteiger charge is -2.10. The van der Waals surface area contributed by atoms with Crippen LogP contribution < -0.4 is 21.4 Å². The second kappa shape index (κ2) is 10.3. The number of carboxylic acids is 6. The van der Waals surface area contributed by atoms with Crippen LogP contribution in [0, 0.1) is 0 Å². The Morgan fingerprint density at radius 1 is 0.422 bits per heavy atom. The summed E-state index contributed by atoms with van der Waals surface area (Å²) in [5.74, 6) is -11.5. The van der Waals surface area contributed by atoms with Crippen LogP contribution in [0.1, 0.15) is 43.5 Å². The van der Waals surface area contributed by atoms with Gasteiger partial charge in [0.05, 0.1) is 44.2 Å². The number of fused-ring (bicyclic) bond motifs is 8. The fourth-order valence-electron chi connectivity index (χ4n) is 5.15. The number of rotatable bonds is 6. The summed E-state index contributed by atoms with van der Waals surface area (Å²) in [5.41, 5.74) is -9.22. The first-order valence-corrected chi connectivity index (χ1v) is 12.1. The normalized spacial score (nSPS) is 12.6. The molecule has 1 aliphatic heterocycles. The molecule has 0 aromatic carbocycles. The van der Waals surface area contributed by atoms with E-state index in [-0.39, 0.29) is 26.7 Å². The minimum absolute atomic E-state index is 0.132. The molecule has 45 heavy (non-hydrogen) atoms. The second-order valence-corrected chi connectivity index (χ2v) is 9.25. The van der Waals surface area contributed by atoms with Crippen LogP contribution in [-0.4, -0.2) is 97.2 Å². The van der Waals surface area contributed by atoms with E-state index in [2.05, 4.69) is 15.0 Å². The smallest absolute Gasteiger partial charge is 0.416 e. The van der Waals surface area contributed by atoms with E-state index in [0.717, 1.165) is 24.3 Å². The summed E-state index contributed by atoms with van der Waals surface area (Å²) in [4.78, 5) is 95.2. The predicted molar refractivity (Wildman–Crippen MR) is 143 cm³/mol. The van der Waals surface area contributed by atoms with Gasteiger partial charge in [0.2, 0.25) is 0 Å². The van der Waals surface area contributed by atoms with Crippen molar-refractivity contribution in [3.63, 3.8) is 0 Å². The third-order valence-corrected chi connectivity index (χ3v) is 6.79. The lowest BCUT2D eigenvalue weighted by atomic mass is 10.0. The summed E-state index contributed by atoms with van der Waals surface area (Å²) in [6.45, 7) is 0. The first-order chi connectivity index (χ1) is 21.1. The molecule has 0 atom stereocenters. The molecule has 0 saturated carbocycles. The molecular weight excluding hydrogens is 604 g/mol. The van der Waals surface area contributed by atoms with Crippen LogP contribution in [0.5, 0.6) is 0 Å². The Morgan fingerprint density at radius 3 is 1.00 bits per heavy atom. The van der Waals surface area contributed by atoms with Crippen molar-refractivity contribution < 1.29 is 69.3 Å². The van der Waals surface area contributed by atoms with Crippen molar-refractivity contribution in [2.24, 2.45) is 0 Å². The Balaban J connectivity index is 2.24. The molecule has 10 N–H and O–H groups in total. The maximum absolute atomic E-state index is 12.7. The van der Waals surface area contributed by atoms with E-state index >= 15 is 0 Å². The molecule has 228 valence electrons. The van der Waals surface area contributed by atoms with Gasteiger partial charge in [-0.05, 0) is 36.4 Å². The Hall–Kier alpha value is -7.11. The first kappa shape index (κ1) is 29.4.